The Morgan fingerprint density at radius 2 is 1.20 bits per heavy atom. The highest BCUT2D eigenvalue weighted by Gasteiger charge is 1.88. The number of aryl methyl sites for hydroxylation is 1. The summed E-state index contributed by atoms with van der Waals surface area (Å²) in [5.74, 6) is 0. The summed E-state index contributed by atoms with van der Waals surface area (Å²) in [7, 11) is 1.93. The first kappa shape index (κ1) is 19.6. The Bertz CT molecular complexity index is 194. The number of nitrogens with one attached hydrogen (secondary N) is 1. The average molecular weight is 211 g/mol. The Labute approximate surface area is 96.9 Å². The van der Waals surface area contributed by atoms with Gasteiger partial charge in [0.2, 0.25) is 0 Å². The van der Waals surface area contributed by atoms with Gasteiger partial charge in [-0.25, -0.2) is 0 Å². The second kappa shape index (κ2) is 18.7. The molecule has 1 nitrogen and oxygen atoms in total. The van der Waals surface area contributed by atoms with E-state index >= 15 is 0 Å². The zero-order valence-electron chi connectivity index (χ0n) is 11.8. The van der Waals surface area contributed by atoms with Crippen molar-refractivity contribution in [1.82, 2.24) is 0 Å². The molecular weight excluding hydrogens is 182 g/mol. The minimum atomic E-state index is 1.21. The summed E-state index contributed by atoms with van der Waals surface area (Å²) in [6.07, 6.45) is 0. The molecule has 0 fully saturated rings. The Kier molecular flexibility index (Phi) is 24.4. The van der Waals surface area contributed by atoms with E-state index in [1.54, 1.807) is 0 Å². The molecule has 0 aliphatic heterocycles. The van der Waals surface area contributed by atoms with Gasteiger partial charge in [-0.3, -0.25) is 0 Å². The van der Waals surface area contributed by atoms with E-state index in [0.29, 0.717) is 0 Å². The third kappa shape index (κ3) is 10.9. The van der Waals surface area contributed by atoms with Crippen molar-refractivity contribution >= 4 is 5.69 Å². The van der Waals surface area contributed by atoms with E-state index in [4.69, 9.17) is 0 Å². The molecule has 0 bridgehead atoms. The van der Waals surface area contributed by atoms with E-state index in [2.05, 4.69) is 24.4 Å². The van der Waals surface area contributed by atoms with Crippen LogP contribution in [-0.4, -0.2) is 7.05 Å². The zero-order valence-corrected chi connectivity index (χ0v) is 11.8. The number of hydrogen-bond donors (Lipinski definition) is 1. The van der Waals surface area contributed by atoms with Crippen LogP contribution in [0.5, 0.6) is 0 Å². The highest BCUT2D eigenvalue weighted by Crippen LogP contribution is 2.10. The number of para-hydroxylation sites is 1. The van der Waals surface area contributed by atoms with Crippen LogP contribution in [-0.2, 0) is 0 Å². The molecule has 1 aromatic carbocycles. The van der Waals surface area contributed by atoms with Crippen LogP contribution in [0.15, 0.2) is 24.3 Å². The quantitative estimate of drug-likeness (QED) is 0.680. The molecular formula is C14H29N. The van der Waals surface area contributed by atoms with Crippen LogP contribution in [0, 0.1) is 6.92 Å². The number of rotatable bonds is 1. The fourth-order valence-electron chi connectivity index (χ4n) is 0.853. The van der Waals surface area contributed by atoms with Crippen LogP contribution in [0.25, 0.3) is 0 Å². The van der Waals surface area contributed by atoms with Gasteiger partial charge in [-0.15, -0.1) is 0 Å². The highest BCUT2D eigenvalue weighted by atomic mass is 14.8. The summed E-state index contributed by atoms with van der Waals surface area (Å²) in [6.45, 7) is 14.1. The van der Waals surface area contributed by atoms with Gasteiger partial charge in [0.05, 0.1) is 0 Å². The maximum Gasteiger partial charge on any atom is 0.0367 e. The Hall–Kier alpha value is -0.980. The van der Waals surface area contributed by atoms with Crippen LogP contribution in [0.1, 0.15) is 47.1 Å². The lowest BCUT2D eigenvalue weighted by atomic mass is 10.2. The van der Waals surface area contributed by atoms with Crippen molar-refractivity contribution in [2.45, 2.75) is 48.5 Å². The predicted molar refractivity (Wildman–Crippen MR) is 74.8 cm³/mol. The first-order valence-corrected chi connectivity index (χ1v) is 6.08. The third-order valence-electron chi connectivity index (χ3n) is 1.41. The van der Waals surface area contributed by atoms with Gasteiger partial charge in [-0.2, -0.15) is 0 Å². The van der Waals surface area contributed by atoms with Gasteiger partial charge in [0, 0.05) is 12.7 Å². The first-order valence-electron chi connectivity index (χ1n) is 6.08. The van der Waals surface area contributed by atoms with Crippen molar-refractivity contribution < 1.29 is 0 Å². The van der Waals surface area contributed by atoms with Gasteiger partial charge in [0.25, 0.3) is 0 Å². The zero-order chi connectivity index (χ0) is 12.7. The van der Waals surface area contributed by atoms with E-state index in [-0.39, 0.29) is 0 Å². The number of hydrogen-bond acceptors (Lipinski definition) is 1. The molecule has 0 saturated carbocycles. The second-order valence-electron chi connectivity index (χ2n) is 2.06. The summed E-state index contributed by atoms with van der Waals surface area (Å²) in [5, 5.41) is 3.10. The Morgan fingerprint density at radius 1 is 0.800 bits per heavy atom. The van der Waals surface area contributed by atoms with Crippen LogP contribution < -0.4 is 5.32 Å². The summed E-state index contributed by atoms with van der Waals surface area (Å²) in [4.78, 5) is 0. The van der Waals surface area contributed by atoms with Crippen molar-refractivity contribution in [3.05, 3.63) is 29.8 Å². The van der Waals surface area contributed by atoms with Crippen molar-refractivity contribution in [3.63, 3.8) is 0 Å². The van der Waals surface area contributed by atoms with Crippen LogP contribution in [0.2, 0.25) is 0 Å². The fraction of sp³-hybridized carbons (Fsp3) is 0.571. The number of benzene rings is 1. The largest absolute Gasteiger partial charge is 0.388 e. The van der Waals surface area contributed by atoms with Gasteiger partial charge in [-0.1, -0.05) is 59.7 Å². The van der Waals surface area contributed by atoms with Crippen LogP contribution >= 0.6 is 0 Å². The molecule has 1 heteroatoms. The molecule has 1 rings (SSSR count). The molecule has 0 aromatic heterocycles. The third-order valence-corrected chi connectivity index (χ3v) is 1.41. The lowest BCUT2D eigenvalue weighted by Crippen LogP contribution is -1.89. The maximum atomic E-state index is 3.10. The molecule has 0 amide bonds. The van der Waals surface area contributed by atoms with Crippen molar-refractivity contribution in [3.8, 4) is 0 Å². The minimum absolute atomic E-state index is 1.21. The summed E-state index contributed by atoms with van der Waals surface area (Å²) >= 11 is 0. The molecule has 0 unspecified atom stereocenters. The van der Waals surface area contributed by atoms with Crippen molar-refractivity contribution in [2.24, 2.45) is 0 Å². The fourth-order valence-corrected chi connectivity index (χ4v) is 0.853. The normalized spacial score (nSPS) is 6.67. The van der Waals surface area contributed by atoms with E-state index in [1.807, 2.05) is 60.7 Å². The first-order chi connectivity index (χ1) is 7.34. The van der Waals surface area contributed by atoms with Gasteiger partial charge in [0.15, 0.2) is 0 Å². The molecule has 1 aromatic rings. The van der Waals surface area contributed by atoms with E-state index in [0.717, 1.165) is 0 Å². The van der Waals surface area contributed by atoms with Gasteiger partial charge in [-0.05, 0) is 18.6 Å². The summed E-state index contributed by atoms with van der Waals surface area (Å²) in [5.41, 5.74) is 2.50. The minimum Gasteiger partial charge on any atom is -0.388 e. The molecule has 15 heavy (non-hydrogen) atoms. The van der Waals surface area contributed by atoms with Gasteiger partial charge >= 0.3 is 0 Å². The molecule has 0 heterocycles. The lowest BCUT2D eigenvalue weighted by Gasteiger charge is -2.01. The summed E-state index contributed by atoms with van der Waals surface area (Å²) < 4.78 is 0. The van der Waals surface area contributed by atoms with Crippen molar-refractivity contribution in [1.29, 1.82) is 0 Å². The lowest BCUT2D eigenvalue weighted by molar-refractivity contribution is 1.41. The van der Waals surface area contributed by atoms with Crippen LogP contribution in [0.4, 0.5) is 5.69 Å². The topological polar surface area (TPSA) is 12.0 Å². The van der Waals surface area contributed by atoms with Crippen LogP contribution in [0.3, 0.4) is 0 Å². The maximum absolute atomic E-state index is 3.10. The predicted octanol–water partition coefficient (Wildman–Crippen LogP) is 5.12. The highest BCUT2D eigenvalue weighted by molar-refractivity contribution is 5.49. The standard InChI is InChI=1S/C8H11N.3C2H6/c1-7-5-3-4-6-8(7)9-2;3*1-2/h3-6,9H,1-2H3;3*1-2H3. The molecule has 1 N–H and O–H groups in total. The molecule has 0 atom stereocenters. The number of anilines is 1. The molecule has 0 aliphatic carbocycles. The molecule has 0 radical (unpaired) electrons. The monoisotopic (exact) mass is 211 g/mol. The van der Waals surface area contributed by atoms with E-state index in [1.165, 1.54) is 11.3 Å². The Balaban J connectivity index is -0.000000208. The molecule has 90 valence electrons. The second-order valence-corrected chi connectivity index (χ2v) is 2.06. The molecule has 0 aliphatic rings. The smallest absolute Gasteiger partial charge is 0.0367 e. The molecule has 0 spiro atoms. The van der Waals surface area contributed by atoms with Crippen molar-refractivity contribution in [2.75, 3.05) is 12.4 Å². The van der Waals surface area contributed by atoms with Gasteiger partial charge < -0.3 is 5.32 Å². The molecule has 0 saturated heterocycles. The average Bonchev–Trinajstić information content (AvgIpc) is 2.37. The van der Waals surface area contributed by atoms with Gasteiger partial charge in [0.1, 0.15) is 0 Å². The summed E-state index contributed by atoms with van der Waals surface area (Å²) in [6, 6.07) is 8.22. The van der Waals surface area contributed by atoms with E-state index < -0.39 is 0 Å². The SMILES string of the molecule is CC.CC.CC.CNc1ccccc1C. The van der Waals surface area contributed by atoms with E-state index in [9.17, 15) is 0 Å². The Morgan fingerprint density at radius 3 is 1.47 bits per heavy atom.